The van der Waals surface area contributed by atoms with Crippen LogP contribution in [0.1, 0.15) is 25.5 Å². The van der Waals surface area contributed by atoms with Crippen molar-refractivity contribution in [3.8, 4) is 11.4 Å². The van der Waals surface area contributed by atoms with Crippen molar-refractivity contribution in [3.63, 3.8) is 0 Å². The Morgan fingerprint density at radius 1 is 0.853 bits per heavy atom. The molecule has 1 heterocycles. The van der Waals surface area contributed by atoms with Crippen LogP contribution in [0.4, 0.5) is 0 Å². The molecule has 0 spiro atoms. The number of rotatable bonds is 7. The van der Waals surface area contributed by atoms with Crippen LogP contribution in [0.2, 0.25) is 5.02 Å². The molecule has 34 heavy (non-hydrogen) atoms. The van der Waals surface area contributed by atoms with Gasteiger partial charge in [0.25, 0.3) is 0 Å². The molecule has 1 aromatic carbocycles. The number of carbonyl (C=O) groups is 2. The summed E-state index contributed by atoms with van der Waals surface area (Å²) in [5.41, 5.74) is 0.566. The predicted molar refractivity (Wildman–Crippen MR) is 135 cm³/mol. The molecule has 2 rings (SSSR count). The highest BCUT2D eigenvalue weighted by Gasteiger charge is 2.34. The molecule has 15 heteroatoms. The molecule has 0 radical (unpaired) electrons. The van der Waals surface area contributed by atoms with Gasteiger partial charge in [0.15, 0.2) is 17.5 Å². The maximum absolute atomic E-state index is 10.7. The van der Waals surface area contributed by atoms with Crippen LogP contribution in [-0.4, -0.2) is 53.2 Å². The number of nitrogens with one attached hydrogen (secondary N) is 1. The van der Waals surface area contributed by atoms with Crippen molar-refractivity contribution >= 4 is 93.1 Å². The average Bonchev–Trinajstić information content (AvgIpc) is 2.73. The largest absolute Gasteiger partial charge is 0.465 e. The standard InChI is InChI=1S/C11H4Cl7N3.C8H15NO4/c12-6-3-1-2-5(4-6)7-19-8(10(13,14)15)21-9(20-7)11(16,17)18;1-3-12-7(10)5-9-6-8(11)13-4-2/h1-4H;9H,3-6H2,1-2H3. The van der Waals surface area contributed by atoms with Crippen LogP contribution in [0, 0.1) is 0 Å². The molecule has 1 aromatic heterocycles. The molecule has 0 aliphatic rings. The summed E-state index contributed by atoms with van der Waals surface area (Å²) in [4.78, 5) is 33.5. The fourth-order valence-electron chi connectivity index (χ4n) is 2.08. The summed E-state index contributed by atoms with van der Waals surface area (Å²) in [5.74, 6) is -0.869. The smallest absolute Gasteiger partial charge is 0.319 e. The van der Waals surface area contributed by atoms with Crippen molar-refractivity contribution in [3.05, 3.63) is 40.9 Å². The van der Waals surface area contributed by atoms with E-state index in [1.807, 2.05) is 0 Å². The van der Waals surface area contributed by atoms with E-state index in [1.54, 1.807) is 38.1 Å². The van der Waals surface area contributed by atoms with Crippen molar-refractivity contribution in [1.29, 1.82) is 0 Å². The third-order valence-electron chi connectivity index (χ3n) is 3.37. The van der Waals surface area contributed by atoms with Gasteiger partial charge in [0, 0.05) is 10.6 Å². The van der Waals surface area contributed by atoms with Gasteiger partial charge < -0.3 is 9.47 Å². The molecular formula is C19H19Cl7N4O4. The zero-order valence-electron chi connectivity index (χ0n) is 17.8. The Labute approximate surface area is 231 Å². The molecule has 2 aromatic rings. The van der Waals surface area contributed by atoms with Crippen molar-refractivity contribution in [2.75, 3.05) is 26.3 Å². The van der Waals surface area contributed by atoms with E-state index in [4.69, 9.17) is 81.2 Å². The molecule has 8 nitrogen and oxygen atoms in total. The first-order valence-electron chi connectivity index (χ1n) is 9.46. The van der Waals surface area contributed by atoms with Crippen LogP contribution in [0.25, 0.3) is 11.4 Å². The normalized spacial score (nSPS) is 11.3. The molecule has 1 N–H and O–H groups in total. The number of hydrogen-bond donors (Lipinski definition) is 1. The Balaban J connectivity index is 0.000000385. The molecule has 0 unspecified atom stereocenters. The maximum atomic E-state index is 10.7. The number of ether oxygens (including phenoxy) is 2. The highest BCUT2D eigenvalue weighted by atomic mass is 35.6. The number of alkyl halides is 6. The van der Waals surface area contributed by atoms with E-state index in [1.165, 1.54) is 0 Å². The fraction of sp³-hybridized carbons (Fsp3) is 0.421. The average molecular weight is 616 g/mol. The number of carbonyl (C=O) groups excluding carboxylic acids is 2. The number of aromatic nitrogens is 3. The molecule has 0 aliphatic heterocycles. The third kappa shape index (κ3) is 11.7. The monoisotopic (exact) mass is 612 g/mol. The molecule has 0 saturated carbocycles. The van der Waals surface area contributed by atoms with Gasteiger partial charge in [0.05, 0.1) is 26.3 Å². The van der Waals surface area contributed by atoms with Gasteiger partial charge in [-0.1, -0.05) is 93.3 Å². The summed E-state index contributed by atoms with van der Waals surface area (Å²) in [6.45, 7) is 4.21. The highest BCUT2D eigenvalue weighted by Crippen LogP contribution is 2.40. The van der Waals surface area contributed by atoms with Crippen LogP contribution in [0.3, 0.4) is 0 Å². The quantitative estimate of drug-likeness (QED) is 0.320. The van der Waals surface area contributed by atoms with Crippen molar-refractivity contribution < 1.29 is 19.1 Å². The van der Waals surface area contributed by atoms with Crippen LogP contribution < -0.4 is 5.32 Å². The lowest BCUT2D eigenvalue weighted by Gasteiger charge is -2.15. The summed E-state index contributed by atoms with van der Waals surface area (Å²) in [5, 5.41) is 3.09. The topological polar surface area (TPSA) is 103 Å². The molecule has 0 fully saturated rings. The van der Waals surface area contributed by atoms with E-state index >= 15 is 0 Å². The summed E-state index contributed by atoms with van der Waals surface area (Å²) in [7, 11) is 0. The SMILES string of the molecule is CCOC(=O)CNCC(=O)OCC.Clc1cccc(-c2nc(C(Cl)(Cl)Cl)nc(C(Cl)(Cl)Cl)n2)c1. The Hall–Kier alpha value is -0.840. The fourth-order valence-corrected chi connectivity index (χ4v) is 2.77. The minimum atomic E-state index is -1.89. The van der Waals surface area contributed by atoms with E-state index in [9.17, 15) is 9.59 Å². The number of nitrogens with zero attached hydrogens (tertiary/aromatic N) is 3. The zero-order valence-corrected chi connectivity index (χ0v) is 23.0. The molecule has 0 aliphatic carbocycles. The Morgan fingerprint density at radius 2 is 1.32 bits per heavy atom. The van der Waals surface area contributed by atoms with Gasteiger partial charge in [-0.2, -0.15) is 0 Å². The molecule has 0 amide bonds. The number of benzene rings is 1. The second-order valence-electron chi connectivity index (χ2n) is 6.03. The first-order valence-corrected chi connectivity index (χ1v) is 12.1. The first kappa shape index (κ1) is 31.2. The minimum absolute atomic E-state index is 0.0344. The molecule has 0 bridgehead atoms. The van der Waals surface area contributed by atoms with Gasteiger partial charge in [0.2, 0.25) is 7.59 Å². The van der Waals surface area contributed by atoms with Crippen molar-refractivity contribution in [2.45, 2.75) is 21.4 Å². The molecule has 188 valence electrons. The zero-order chi connectivity index (χ0) is 25.9. The van der Waals surface area contributed by atoms with Gasteiger partial charge in [-0.3, -0.25) is 14.9 Å². The molecular weight excluding hydrogens is 596 g/mol. The van der Waals surface area contributed by atoms with Gasteiger partial charge in [0.1, 0.15) is 0 Å². The van der Waals surface area contributed by atoms with Crippen LogP contribution in [-0.2, 0) is 26.6 Å². The lowest BCUT2D eigenvalue weighted by atomic mass is 10.2. The van der Waals surface area contributed by atoms with Gasteiger partial charge in [-0.15, -0.1) is 0 Å². The van der Waals surface area contributed by atoms with Crippen molar-refractivity contribution in [2.24, 2.45) is 0 Å². The van der Waals surface area contributed by atoms with E-state index < -0.39 is 7.59 Å². The summed E-state index contributed by atoms with van der Waals surface area (Å²) >= 11 is 40.7. The van der Waals surface area contributed by atoms with Crippen LogP contribution in [0.15, 0.2) is 24.3 Å². The maximum Gasteiger partial charge on any atom is 0.319 e. The van der Waals surface area contributed by atoms with E-state index in [0.29, 0.717) is 23.8 Å². The number of esters is 2. The van der Waals surface area contributed by atoms with Gasteiger partial charge in [-0.05, 0) is 26.0 Å². The first-order chi connectivity index (χ1) is 15.8. The summed E-state index contributed by atoms with van der Waals surface area (Å²) in [6.07, 6.45) is 0. The lowest BCUT2D eigenvalue weighted by Crippen LogP contribution is -2.30. The minimum Gasteiger partial charge on any atom is -0.465 e. The second kappa shape index (κ2) is 14.7. The second-order valence-corrected chi connectivity index (χ2v) is 11.0. The number of halogens is 7. The molecule has 0 atom stereocenters. The summed E-state index contributed by atoms with van der Waals surface area (Å²) < 4.78 is 5.48. The summed E-state index contributed by atoms with van der Waals surface area (Å²) in [6, 6.07) is 6.75. The molecule has 0 saturated heterocycles. The lowest BCUT2D eigenvalue weighted by molar-refractivity contribution is -0.143. The highest BCUT2D eigenvalue weighted by molar-refractivity contribution is 6.67. The van der Waals surface area contributed by atoms with E-state index in [0.717, 1.165) is 0 Å². The number of hydrogen-bond acceptors (Lipinski definition) is 8. The van der Waals surface area contributed by atoms with Crippen LogP contribution in [0.5, 0.6) is 0 Å². The van der Waals surface area contributed by atoms with Gasteiger partial charge in [-0.25, -0.2) is 15.0 Å². The van der Waals surface area contributed by atoms with E-state index in [-0.39, 0.29) is 42.5 Å². The Morgan fingerprint density at radius 3 is 1.71 bits per heavy atom. The Bertz CT molecular complexity index is 918. The van der Waals surface area contributed by atoms with Crippen LogP contribution >= 0.6 is 81.2 Å². The third-order valence-corrected chi connectivity index (χ3v) is 4.62. The predicted octanol–water partition coefficient (Wildman–Crippen LogP) is 5.55. The Kier molecular flexibility index (Phi) is 13.4. The van der Waals surface area contributed by atoms with Crippen molar-refractivity contribution in [1.82, 2.24) is 20.3 Å². The van der Waals surface area contributed by atoms with Gasteiger partial charge >= 0.3 is 11.9 Å². The van der Waals surface area contributed by atoms with E-state index in [2.05, 4.69) is 29.7 Å².